The van der Waals surface area contributed by atoms with Gasteiger partial charge in [-0.25, -0.2) is 0 Å². The summed E-state index contributed by atoms with van der Waals surface area (Å²) in [7, 11) is 0. The van der Waals surface area contributed by atoms with E-state index in [1.165, 1.54) is 24.3 Å². The average molecular weight is 413 g/mol. The predicted octanol–water partition coefficient (Wildman–Crippen LogP) is 3.58. The van der Waals surface area contributed by atoms with E-state index in [2.05, 4.69) is 15.4 Å². The first-order valence-corrected chi connectivity index (χ1v) is 8.77. The SMILES string of the molecule is O=C1CC(C(=O)N[C@@H](c2ccc(OC(F)(F)F)cc2)c2cccc(Cl)c2)CN1. The van der Waals surface area contributed by atoms with E-state index in [0.29, 0.717) is 16.1 Å². The fourth-order valence-electron chi connectivity index (χ4n) is 2.96. The number of rotatable bonds is 5. The van der Waals surface area contributed by atoms with Gasteiger partial charge in [0.1, 0.15) is 5.75 Å². The highest BCUT2D eigenvalue weighted by Crippen LogP contribution is 2.29. The molecule has 9 heteroatoms. The van der Waals surface area contributed by atoms with Crippen LogP contribution >= 0.6 is 11.6 Å². The second-order valence-corrected chi connectivity index (χ2v) is 6.76. The smallest absolute Gasteiger partial charge is 0.406 e. The van der Waals surface area contributed by atoms with Crippen LogP contribution in [0.4, 0.5) is 13.2 Å². The van der Waals surface area contributed by atoms with Gasteiger partial charge in [-0.3, -0.25) is 9.59 Å². The number of ether oxygens (including phenoxy) is 1. The van der Waals surface area contributed by atoms with Gasteiger partial charge in [-0.05, 0) is 35.4 Å². The lowest BCUT2D eigenvalue weighted by Crippen LogP contribution is -2.35. The third kappa shape index (κ3) is 5.16. The monoisotopic (exact) mass is 412 g/mol. The number of hydrogen-bond donors (Lipinski definition) is 2. The van der Waals surface area contributed by atoms with Gasteiger partial charge in [0, 0.05) is 18.0 Å². The van der Waals surface area contributed by atoms with Gasteiger partial charge in [0.2, 0.25) is 11.8 Å². The van der Waals surface area contributed by atoms with Gasteiger partial charge in [-0.2, -0.15) is 0 Å². The molecule has 0 spiro atoms. The summed E-state index contributed by atoms with van der Waals surface area (Å²) < 4.78 is 41.0. The van der Waals surface area contributed by atoms with Crippen molar-refractivity contribution in [2.24, 2.45) is 5.92 Å². The van der Waals surface area contributed by atoms with E-state index in [9.17, 15) is 22.8 Å². The molecule has 1 aliphatic rings. The van der Waals surface area contributed by atoms with Crippen molar-refractivity contribution in [1.29, 1.82) is 0 Å². The Bertz CT molecular complexity index is 871. The summed E-state index contributed by atoms with van der Waals surface area (Å²) in [6.45, 7) is 0.241. The fourth-order valence-corrected chi connectivity index (χ4v) is 3.16. The number of halogens is 4. The van der Waals surface area contributed by atoms with Gasteiger partial charge in [0.15, 0.2) is 0 Å². The molecule has 0 saturated carbocycles. The number of benzene rings is 2. The molecule has 0 aromatic heterocycles. The number of nitrogens with one attached hydrogen (secondary N) is 2. The van der Waals surface area contributed by atoms with Crippen LogP contribution < -0.4 is 15.4 Å². The molecule has 2 amide bonds. The largest absolute Gasteiger partial charge is 0.573 e. The summed E-state index contributed by atoms with van der Waals surface area (Å²) in [6, 6.07) is 11.3. The maximum absolute atomic E-state index is 12.6. The average Bonchev–Trinajstić information content (AvgIpc) is 3.05. The summed E-state index contributed by atoms with van der Waals surface area (Å²) in [5.74, 6) is -1.41. The molecule has 1 fully saturated rings. The quantitative estimate of drug-likeness (QED) is 0.788. The van der Waals surface area contributed by atoms with Gasteiger partial charge < -0.3 is 15.4 Å². The molecular weight excluding hydrogens is 397 g/mol. The van der Waals surface area contributed by atoms with E-state index in [1.807, 2.05) is 0 Å². The number of amides is 2. The van der Waals surface area contributed by atoms with Crippen molar-refractivity contribution < 1.29 is 27.5 Å². The molecule has 1 heterocycles. The number of carbonyl (C=O) groups excluding carboxylic acids is 2. The van der Waals surface area contributed by atoms with E-state index in [-0.39, 0.29) is 30.5 Å². The standard InChI is InChI=1S/C19H16ClF3N2O3/c20-14-3-1-2-12(8-14)17(25-18(27)13-9-16(26)24-10-13)11-4-6-15(7-5-11)28-19(21,22)23/h1-8,13,17H,9-10H2,(H,24,26)(H,25,27)/t13?,17-/m0/s1. The van der Waals surface area contributed by atoms with E-state index >= 15 is 0 Å². The molecule has 0 aliphatic carbocycles. The number of hydrogen-bond acceptors (Lipinski definition) is 3. The summed E-state index contributed by atoms with van der Waals surface area (Å²) in [4.78, 5) is 23.9. The minimum atomic E-state index is -4.79. The van der Waals surface area contributed by atoms with Gasteiger partial charge in [0.25, 0.3) is 0 Å². The summed E-state index contributed by atoms with van der Waals surface area (Å²) >= 11 is 6.04. The van der Waals surface area contributed by atoms with E-state index in [1.54, 1.807) is 24.3 Å². The van der Waals surface area contributed by atoms with Crippen LogP contribution in [0.15, 0.2) is 48.5 Å². The van der Waals surface area contributed by atoms with Crippen LogP contribution in [0, 0.1) is 5.92 Å². The first-order valence-electron chi connectivity index (χ1n) is 8.39. The Morgan fingerprint density at radius 2 is 1.89 bits per heavy atom. The highest BCUT2D eigenvalue weighted by atomic mass is 35.5. The lowest BCUT2D eigenvalue weighted by atomic mass is 9.97. The Morgan fingerprint density at radius 3 is 2.46 bits per heavy atom. The molecule has 3 rings (SSSR count). The maximum atomic E-state index is 12.6. The highest BCUT2D eigenvalue weighted by Gasteiger charge is 2.32. The van der Waals surface area contributed by atoms with Crippen molar-refractivity contribution in [1.82, 2.24) is 10.6 Å². The maximum Gasteiger partial charge on any atom is 0.573 e. The summed E-state index contributed by atoms with van der Waals surface area (Å²) in [6.07, 6.45) is -4.70. The highest BCUT2D eigenvalue weighted by molar-refractivity contribution is 6.30. The molecule has 28 heavy (non-hydrogen) atoms. The molecule has 1 unspecified atom stereocenters. The van der Waals surface area contributed by atoms with E-state index in [4.69, 9.17) is 11.6 Å². The first-order chi connectivity index (χ1) is 13.2. The first kappa shape index (κ1) is 20.0. The van der Waals surface area contributed by atoms with Gasteiger partial charge in [-0.15, -0.1) is 13.2 Å². The molecule has 2 aromatic rings. The Morgan fingerprint density at radius 1 is 1.18 bits per heavy atom. The molecule has 148 valence electrons. The number of alkyl halides is 3. The molecule has 2 atom stereocenters. The Balaban J connectivity index is 1.86. The fraction of sp³-hybridized carbons (Fsp3) is 0.263. The Hall–Kier alpha value is -2.74. The lowest BCUT2D eigenvalue weighted by Gasteiger charge is -2.22. The van der Waals surface area contributed by atoms with Crippen LogP contribution in [-0.4, -0.2) is 24.7 Å². The molecule has 1 saturated heterocycles. The van der Waals surface area contributed by atoms with Crippen LogP contribution in [0.3, 0.4) is 0 Å². The lowest BCUT2D eigenvalue weighted by molar-refractivity contribution is -0.274. The molecule has 2 aromatic carbocycles. The van der Waals surface area contributed by atoms with Crippen LogP contribution in [0.25, 0.3) is 0 Å². The molecule has 1 aliphatic heterocycles. The van der Waals surface area contributed by atoms with E-state index in [0.717, 1.165) is 0 Å². The predicted molar refractivity (Wildman–Crippen MR) is 95.7 cm³/mol. The molecular formula is C19H16ClF3N2O3. The van der Waals surface area contributed by atoms with Crippen LogP contribution in [0.5, 0.6) is 5.75 Å². The molecule has 5 nitrogen and oxygen atoms in total. The minimum Gasteiger partial charge on any atom is -0.406 e. The van der Waals surface area contributed by atoms with E-state index < -0.39 is 18.3 Å². The summed E-state index contributed by atoms with van der Waals surface area (Å²) in [5, 5.41) is 5.90. The Labute approximate surface area is 163 Å². The van der Waals surface area contributed by atoms with Gasteiger partial charge in [0.05, 0.1) is 12.0 Å². The minimum absolute atomic E-state index is 0.0897. The second kappa shape index (κ2) is 8.10. The second-order valence-electron chi connectivity index (χ2n) is 6.32. The normalized spacial score (nSPS) is 17.7. The van der Waals surface area contributed by atoms with Crippen molar-refractivity contribution in [3.05, 3.63) is 64.7 Å². The van der Waals surface area contributed by atoms with Crippen LogP contribution in [0.2, 0.25) is 5.02 Å². The third-order valence-electron chi connectivity index (χ3n) is 4.26. The van der Waals surface area contributed by atoms with Crippen molar-refractivity contribution in [3.63, 3.8) is 0 Å². The molecule has 2 N–H and O–H groups in total. The molecule has 0 radical (unpaired) electrons. The summed E-state index contributed by atoms with van der Waals surface area (Å²) in [5.41, 5.74) is 1.20. The van der Waals surface area contributed by atoms with Crippen molar-refractivity contribution in [3.8, 4) is 5.75 Å². The Kier molecular flexibility index (Phi) is 5.79. The van der Waals surface area contributed by atoms with Gasteiger partial charge in [-0.1, -0.05) is 35.9 Å². The van der Waals surface area contributed by atoms with Crippen LogP contribution in [0.1, 0.15) is 23.6 Å². The third-order valence-corrected chi connectivity index (χ3v) is 4.50. The van der Waals surface area contributed by atoms with Gasteiger partial charge >= 0.3 is 6.36 Å². The zero-order valence-corrected chi connectivity index (χ0v) is 15.2. The van der Waals surface area contributed by atoms with Crippen molar-refractivity contribution in [2.45, 2.75) is 18.8 Å². The number of carbonyl (C=O) groups is 2. The zero-order valence-electron chi connectivity index (χ0n) is 14.4. The molecule has 0 bridgehead atoms. The van der Waals surface area contributed by atoms with Crippen LogP contribution in [-0.2, 0) is 9.59 Å². The van der Waals surface area contributed by atoms with Crippen molar-refractivity contribution >= 4 is 23.4 Å². The zero-order chi connectivity index (χ0) is 20.3. The topological polar surface area (TPSA) is 67.4 Å². The van der Waals surface area contributed by atoms with Crippen molar-refractivity contribution in [2.75, 3.05) is 6.54 Å².